The molecule has 1 unspecified atom stereocenters. The Morgan fingerprint density at radius 2 is 1.76 bits per heavy atom. The van der Waals surface area contributed by atoms with Crippen LogP contribution in [-0.2, 0) is 0 Å². The maximum atomic E-state index is 6.35. The van der Waals surface area contributed by atoms with Crippen LogP contribution in [0.15, 0.2) is 47.5 Å². The number of benzene rings is 2. The van der Waals surface area contributed by atoms with Crippen molar-refractivity contribution in [3.05, 3.63) is 63.6 Å². The van der Waals surface area contributed by atoms with Crippen LogP contribution in [0.4, 0.5) is 5.69 Å². The summed E-state index contributed by atoms with van der Waals surface area (Å²) in [5.41, 5.74) is 9.12. The van der Waals surface area contributed by atoms with E-state index in [1.807, 2.05) is 54.3 Å². The van der Waals surface area contributed by atoms with Crippen molar-refractivity contribution >= 4 is 34.8 Å². The fourth-order valence-corrected chi connectivity index (χ4v) is 3.32. The van der Waals surface area contributed by atoms with Crippen LogP contribution in [0.25, 0.3) is 0 Å². The molecular formula is C16H15Cl2N3. The molecule has 2 aromatic carbocycles. The van der Waals surface area contributed by atoms with Crippen molar-refractivity contribution in [1.29, 1.82) is 0 Å². The van der Waals surface area contributed by atoms with Crippen LogP contribution in [0.3, 0.4) is 0 Å². The molecule has 3 rings (SSSR count). The summed E-state index contributed by atoms with van der Waals surface area (Å²) in [6.07, 6.45) is 0. The Morgan fingerprint density at radius 1 is 1.10 bits per heavy atom. The lowest BCUT2D eigenvalue weighted by Gasteiger charge is -2.29. The Hall–Kier alpha value is -1.71. The van der Waals surface area contributed by atoms with E-state index >= 15 is 0 Å². The van der Waals surface area contributed by atoms with Gasteiger partial charge in [-0.2, -0.15) is 0 Å². The van der Waals surface area contributed by atoms with Gasteiger partial charge in [-0.1, -0.05) is 47.5 Å². The van der Waals surface area contributed by atoms with Crippen molar-refractivity contribution in [3.63, 3.8) is 0 Å². The monoisotopic (exact) mass is 319 g/mol. The van der Waals surface area contributed by atoms with Crippen LogP contribution in [0.1, 0.15) is 17.2 Å². The van der Waals surface area contributed by atoms with E-state index in [9.17, 15) is 0 Å². The Labute approximate surface area is 134 Å². The highest BCUT2D eigenvalue weighted by Crippen LogP contribution is 2.39. The van der Waals surface area contributed by atoms with Gasteiger partial charge < -0.3 is 10.6 Å². The third-order valence-corrected chi connectivity index (χ3v) is 4.35. The van der Waals surface area contributed by atoms with Crippen LogP contribution in [0.5, 0.6) is 0 Å². The van der Waals surface area contributed by atoms with Gasteiger partial charge in [0.05, 0.1) is 12.6 Å². The van der Waals surface area contributed by atoms with Crippen LogP contribution in [0.2, 0.25) is 10.0 Å². The number of hydrogen-bond donors (Lipinski definition) is 1. The molecule has 2 N–H and O–H groups in total. The first-order valence-electron chi connectivity index (χ1n) is 6.68. The summed E-state index contributed by atoms with van der Waals surface area (Å²) < 4.78 is 0. The Balaban J connectivity index is 2.10. The number of rotatable bonds is 2. The molecule has 1 heterocycles. The first-order valence-corrected chi connectivity index (χ1v) is 7.44. The van der Waals surface area contributed by atoms with E-state index in [1.54, 1.807) is 0 Å². The van der Waals surface area contributed by atoms with Crippen LogP contribution in [0, 0.1) is 6.92 Å². The van der Waals surface area contributed by atoms with Gasteiger partial charge >= 0.3 is 0 Å². The quantitative estimate of drug-likeness (QED) is 0.902. The number of hydrogen-bond acceptors (Lipinski definition) is 3. The van der Waals surface area contributed by atoms with Crippen molar-refractivity contribution in [2.45, 2.75) is 13.0 Å². The molecule has 1 aliphatic heterocycles. The van der Waals surface area contributed by atoms with E-state index < -0.39 is 0 Å². The molecule has 0 saturated heterocycles. The average Bonchev–Trinajstić information content (AvgIpc) is 2.81. The highest BCUT2D eigenvalue weighted by Gasteiger charge is 2.32. The molecular weight excluding hydrogens is 305 g/mol. The number of aliphatic imine (C=N–C) groups is 1. The molecule has 5 heteroatoms. The van der Waals surface area contributed by atoms with E-state index in [-0.39, 0.29) is 6.04 Å². The smallest absolute Gasteiger partial charge is 0.196 e. The summed E-state index contributed by atoms with van der Waals surface area (Å²) >= 11 is 12.7. The second-order valence-corrected chi connectivity index (χ2v) is 5.82. The number of anilines is 1. The normalized spacial score (nSPS) is 18.0. The molecule has 1 aliphatic rings. The van der Waals surface area contributed by atoms with E-state index in [1.165, 1.54) is 0 Å². The van der Waals surface area contributed by atoms with Crippen LogP contribution >= 0.6 is 23.2 Å². The molecule has 0 fully saturated rings. The minimum absolute atomic E-state index is 0.0766. The molecule has 0 radical (unpaired) electrons. The number of nitrogens with two attached hydrogens (primary N) is 1. The molecule has 0 saturated carbocycles. The maximum absolute atomic E-state index is 6.35. The number of aryl methyl sites for hydroxylation is 1. The van der Waals surface area contributed by atoms with E-state index in [0.29, 0.717) is 22.5 Å². The van der Waals surface area contributed by atoms with Crippen LogP contribution in [-0.4, -0.2) is 12.5 Å². The average molecular weight is 320 g/mol. The van der Waals surface area contributed by atoms with E-state index in [0.717, 1.165) is 16.8 Å². The Bertz CT molecular complexity index is 692. The molecule has 0 amide bonds. The van der Waals surface area contributed by atoms with Gasteiger partial charge in [0, 0.05) is 21.3 Å². The number of guanidine groups is 1. The number of nitrogens with zero attached hydrogens (tertiary/aromatic N) is 2. The summed E-state index contributed by atoms with van der Waals surface area (Å²) in [6, 6.07) is 13.5. The summed E-state index contributed by atoms with van der Waals surface area (Å²) in [6.45, 7) is 2.59. The molecule has 2 aromatic rings. The first-order chi connectivity index (χ1) is 10.1. The lowest BCUT2D eigenvalue weighted by atomic mass is 10.0. The third-order valence-electron chi connectivity index (χ3n) is 3.69. The molecule has 0 aliphatic carbocycles. The minimum atomic E-state index is -0.0766. The fraction of sp³-hybridized carbons (Fsp3) is 0.188. The Morgan fingerprint density at radius 3 is 2.43 bits per heavy atom. The van der Waals surface area contributed by atoms with Crippen molar-refractivity contribution in [2.24, 2.45) is 10.7 Å². The largest absolute Gasteiger partial charge is 0.369 e. The summed E-state index contributed by atoms with van der Waals surface area (Å²) in [5.74, 6) is 0.491. The van der Waals surface area contributed by atoms with Gasteiger partial charge in [0.15, 0.2) is 5.96 Å². The van der Waals surface area contributed by atoms with E-state index in [2.05, 4.69) is 4.99 Å². The van der Waals surface area contributed by atoms with Crippen molar-refractivity contribution in [1.82, 2.24) is 0 Å². The van der Waals surface area contributed by atoms with Crippen molar-refractivity contribution in [3.8, 4) is 0 Å². The molecule has 3 nitrogen and oxygen atoms in total. The third kappa shape index (κ3) is 2.47. The Kier molecular flexibility index (Phi) is 3.79. The standard InChI is InChI=1S/C16H15Cl2N3/c1-10-5-2-3-8-13(10)21-14(9-20-16(21)19)15-11(17)6-4-7-12(15)18/h2-8,14H,9H2,1H3,(H2,19,20). The molecule has 0 aromatic heterocycles. The molecule has 108 valence electrons. The zero-order chi connectivity index (χ0) is 15.0. The summed E-state index contributed by atoms with van der Waals surface area (Å²) in [5, 5.41) is 1.27. The lowest BCUT2D eigenvalue weighted by Crippen LogP contribution is -2.36. The molecule has 21 heavy (non-hydrogen) atoms. The zero-order valence-corrected chi connectivity index (χ0v) is 13.1. The fourth-order valence-electron chi connectivity index (χ4n) is 2.67. The zero-order valence-electron chi connectivity index (χ0n) is 11.6. The van der Waals surface area contributed by atoms with E-state index in [4.69, 9.17) is 28.9 Å². The first kappa shape index (κ1) is 14.2. The van der Waals surface area contributed by atoms with Gasteiger partial charge in [-0.3, -0.25) is 4.99 Å². The maximum Gasteiger partial charge on any atom is 0.196 e. The topological polar surface area (TPSA) is 41.6 Å². The molecule has 0 spiro atoms. The van der Waals surface area contributed by atoms with Gasteiger partial charge in [0.2, 0.25) is 0 Å². The highest BCUT2D eigenvalue weighted by atomic mass is 35.5. The minimum Gasteiger partial charge on any atom is -0.369 e. The van der Waals surface area contributed by atoms with Gasteiger partial charge in [0.1, 0.15) is 0 Å². The highest BCUT2D eigenvalue weighted by molar-refractivity contribution is 6.36. The van der Waals surface area contributed by atoms with Gasteiger partial charge in [-0.15, -0.1) is 0 Å². The second kappa shape index (κ2) is 5.58. The predicted octanol–water partition coefficient (Wildman–Crippen LogP) is 4.18. The van der Waals surface area contributed by atoms with Gasteiger partial charge in [-0.05, 0) is 30.7 Å². The second-order valence-electron chi connectivity index (χ2n) is 5.01. The van der Waals surface area contributed by atoms with Crippen molar-refractivity contribution < 1.29 is 0 Å². The number of para-hydroxylation sites is 1. The van der Waals surface area contributed by atoms with Gasteiger partial charge in [0.25, 0.3) is 0 Å². The molecule has 0 bridgehead atoms. The lowest BCUT2D eigenvalue weighted by molar-refractivity contribution is 0.767. The summed E-state index contributed by atoms with van der Waals surface area (Å²) in [7, 11) is 0. The van der Waals surface area contributed by atoms with Crippen LogP contribution < -0.4 is 10.6 Å². The van der Waals surface area contributed by atoms with Gasteiger partial charge in [-0.25, -0.2) is 0 Å². The summed E-state index contributed by atoms with van der Waals surface area (Å²) in [4.78, 5) is 6.38. The predicted molar refractivity (Wildman–Crippen MR) is 89.4 cm³/mol. The number of halogens is 2. The SMILES string of the molecule is Cc1ccccc1N1C(N)=NCC1c1c(Cl)cccc1Cl. The molecule has 1 atom stereocenters. The van der Waals surface area contributed by atoms with Crippen molar-refractivity contribution in [2.75, 3.05) is 11.4 Å².